The Morgan fingerprint density at radius 1 is 1.00 bits per heavy atom. The lowest BCUT2D eigenvalue weighted by Gasteiger charge is -2.23. The number of benzene rings is 1. The molecule has 0 radical (unpaired) electrons. The summed E-state index contributed by atoms with van der Waals surface area (Å²) >= 11 is 2.26. The molecule has 3 heteroatoms. The number of nitrogens with zero attached hydrogens (tertiary/aromatic N) is 1. The van der Waals surface area contributed by atoms with Gasteiger partial charge >= 0.3 is 0 Å². The Morgan fingerprint density at radius 3 is 1.90 bits per heavy atom. The topological polar surface area (TPSA) is 20.3 Å². The standard InChI is InChI=1S/C18H28INO/c1-14(2)9-11-20(12-10-15(3)4)13-18(21)16-5-7-17(19)8-6-16/h5-8,14-15H,9-13H2,1-4H3. The molecule has 0 aliphatic heterocycles. The van der Waals surface area contributed by atoms with Crippen LogP contribution in [0.1, 0.15) is 50.9 Å². The van der Waals surface area contributed by atoms with Crippen LogP contribution < -0.4 is 0 Å². The van der Waals surface area contributed by atoms with E-state index in [-0.39, 0.29) is 5.78 Å². The first-order valence-corrected chi connectivity index (χ1v) is 8.97. The van der Waals surface area contributed by atoms with Crippen LogP contribution in [0, 0.1) is 15.4 Å². The normalized spacial score (nSPS) is 11.6. The smallest absolute Gasteiger partial charge is 0.176 e. The summed E-state index contributed by atoms with van der Waals surface area (Å²) in [7, 11) is 0. The van der Waals surface area contributed by atoms with Gasteiger partial charge in [-0.15, -0.1) is 0 Å². The van der Waals surface area contributed by atoms with Crippen molar-refractivity contribution >= 4 is 28.4 Å². The van der Waals surface area contributed by atoms with Crippen LogP contribution in [0.15, 0.2) is 24.3 Å². The van der Waals surface area contributed by atoms with Crippen LogP contribution in [0.2, 0.25) is 0 Å². The number of carbonyl (C=O) groups excluding carboxylic acids is 1. The molecule has 0 fully saturated rings. The first kappa shape index (κ1) is 18.6. The van der Waals surface area contributed by atoms with Crippen molar-refractivity contribution in [2.24, 2.45) is 11.8 Å². The fourth-order valence-corrected chi connectivity index (χ4v) is 2.44. The molecule has 1 aromatic carbocycles. The number of halogens is 1. The summed E-state index contributed by atoms with van der Waals surface area (Å²) in [5.74, 6) is 1.60. The van der Waals surface area contributed by atoms with Crippen LogP contribution >= 0.6 is 22.6 Å². The number of rotatable bonds is 9. The zero-order valence-electron chi connectivity index (χ0n) is 13.7. The van der Waals surface area contributed by atoms with Crippen LogP contribution in [0.5, 0.6) is 0 Å². The first-order chi connectivity index (χ1) is 9.88. The number of hydrogen-bond donors (Lipinski definition) is 0. The lowest BCUT2D eigenvalue weighted by molar-refractivity contribution is 0.0923. The number of ketones is 1. The second-order valence-corrected chi connectivity index (χ2v) is 7.82. The van der Waals surface area contributed by atoms with E-state index in [2.05, 4.69) is 55.2 Å². The minimum atomic E-state index is 0.235. The van der Waals surface area contributed by atoms with Crippen molar-refractivity contribution in [3.8, 4) is 0 Å². The molecule has 2 nitrogen and oxygen atoms in total. The van der Waals surface area contributed by atoms with E-state index in [1.165, 1.54) is 3.57 Å². The second kappa shape index (κ2) is 9.57. The molecule has 0 aliphatic rings. The molecule has 0 aliphatic carbocycles. The van der Waals surface area contributed by atoms with Gasteiger partial charge in [-0.1, -0.05) is 39.8 Å². The van der Waals surface area contributed by atoms with Crippen molar-refractivity contribution < 1.29 is 4.79 Å². The SMILES string of the molecule is CC(C)CCN(CCC(C)C)CC(=O)c1ccc(I)cc1. The Morgan fingerprint density at radius 2 is 1.48 bits per heavy atom. The van der Waals surface area contributed by atoms with Crippen LogP contribution in [-0.4, -0.2) is 30.3 Å². The highest BCUT2D eigenvalue weighted by molar-refractivity contribution is 14.1. The third-order valence-corrected chi connectivity index (χ3v) is 4.30. The molecule has 0 saturated carbocycles. The monoisotopic (exact) mass is 401 g/mol. The van der Waals surface area contributed by atoms with Crippen molar-refractivity contribution in [2.75, 3.05) is 19.6 Å². The lowest BCUT2D eigenvalue weighted by Crippen LogP contribution is -2.33. The van der Waals surface area contributed by atoms with Gasteiger partial charge in [0.1, 0.15) is 0 Å². The van der Waals surface area contributed by atoms with Crippen molar-refractivity contribution in [1.82, 2.24) is 4.90 Å². The fourth-order valence-electron chi connectivity index (χ4n) is 2.08. The highest BCUT2D eigenvalue weighted by atomic mass is 127. The van der Waals surface area contributed by atoms with Crippen molar-refractivity contribution in [3.05, 3.63) is 33.4 Å². The molecule has 0 spiro atoms. The van der Waals surface area contributed by atoms with Crippen molar-refractivity contribution in [2.45, 2.75) is 40.5 Å². The van der Waals surface area contributed by atoms with Gasteiger partial charge in [-0.25, -0.2) is 0 Å². The Kier molecular flexibility index (Phi) is 8.49. The third-order valence-electron chi connectivity index (χ3n) is 3.58. The molecule has 0 saturated heterocycles. The van der Waals surface area contributed by atoms with Crippen LogP contribution in [0.4, 0.5) is 0 Å². The molecule has 0 bridgehead atoms. The van der Waals surface area contributed by atoms with E-state index in [4.69, 9.17) is 0 Å². The predicted octanol–water partition coefficient (Wildman–Crippen LogP) is 4.87. The summed E-state index contributed by atoms with van der Waals surface area (Å²) < 4.78 is 1.17. The van der Waals surface area contributed by atoms with Gasteiger partial charge in [-0.2, -0.15) is 0 Å². The summed E-state index contributed by atoms with van der Waals surface area (Å²) in [5, 5.41) is 0. The van der Waals surface area contributed by atoms with Crippen molar-refractivity contribution in [1.29, 1.82) is 0 Å². The maximum atomic E-state index is 12.4. The molecular formula is C18H28INO. The van der Waals surface area contributed by atoms with E-state index in [1.54, 1.807) is 0 Å². The van der Waals surface area contributed by atoms with Gasteiger partial charge in [-0.05, 0) is 72.5 Å². The molecule has 0 N–H and O–H groups in total. The Labute approximate surface area is 143 Å². The van der Waals surface area contributed by atoms with E-state index in [0.717, 1.165) is 31.5 Å². The van der Waals surface area contributed by atoms with Crippen LogP contribution in [0.25, 0.3) is 0 Å². The maximum absolute atomic E-state index is 12.4. The Balaban J connectivity index is 2.60. The van der Waals surface area contributed by atoms with E-state index in [0.29, 0.717) is 18.4 Å². The molecule has 0 amide bonds. The Hall–Kier alpha value is -0.420. The molecule has 0 unspecified atom stereocenters. The molecule has 21 heavy (non-hydrogen) atoms. The maximum Gasteiger partial charge on any atom is 0.176 e. The minimum absolute atomic E-state index is 0.235. The van der Waals surface area contributed by atoms with E-state index in [9.17, 15) is 4.79 Å². The average Bonchev–Trinajstić information content (AvgIpc) is 2.42. The molecule has 118 valence electrons. The summed E-state index contributed by atoms with van der Waals surface area (Å²) in [4.78, 5) is 14.7. The van der Waals surface area contributed by atoms with Gasteiger partial charge in [-0.3, -0.25) is 9.69 Å². The van der Waals surface area contributed by atoms with E-state index >= 15 is 0 Å². The summed E-state index contributed by atoms with van der Waals surface area (Å²) in [6.07, 6.45) is 2.30. The van der Waals surface area contributed by atoms with Gasteiger partial charge < -0.3 is 0 Å². The largest absolute Gasteiger partial charge is 0.296 e. The highest BCUT2D eigenvalue weighted by Crippen LogP contribution is 2.11. The minimum Gasteiger partial charge on any atom is -0.296 e. The second-order valence-electron chi connectivity index (χ2n) is 6.57. The molecule has 0 aromatic heterocycles. The molecule has 0 heterocycles. The van der Waals surface area contributed by atoms with E-state index < -0.39 is 0 Å². The molecule has 0 atom stereocenters. The highest BCUT2D eigenvalue weighted by Gasteiger charge is 2.13. The number of carbonyl (C=O) groups is 1. The molecule has 1 aromatic rings. The van der Waals surface area contributed by atoms with Crippen molar-refractivity contribution in [3.63, 3.8) is 0 Å². The summed E-state index contributed by atoms with van der Waals surface area (Å²) in [5.41, 5.74) is 0.828. The number of Topliss-reactive ketones (excluding diaryl/α,β-unsaturated/α-hetero) is 1. The van der Waals surface area contributed by atoms with Crippen LogP contribution in [0.3, 0.4) is 0 Å². The third kappa shape index (κ3) is 7.96. The summed E-state index contributed by atoms with van der Waals surface area (Å²) in [6.45, 7) is 11.5. The Bertz CT molecular complexity index is 413. The fraction of sp³-hybridized carbons (Fsp3) is 0.611. The van der Waals surface area contributed by atoms with Gasteiger partial charge in [0.2, 0.25) is 0 Å². The average molecular weight is 401 g/mol. The molecule has 1 rings (SSSR count). The zero-order valence-corrected chi connectivity index (χ0v) is 15.9. The van der Waals surface area contributed by atoms with Gasteiger partial charge in [0.15, 0.2) is 5.78 Å². The first-order valence-electron chi connectivity index (χ1n) is 7.89. The van der Waals surface area contributed by atoms with E-state index in [1.807, 2.05) is 24.3 Å². The summed E-state index contributed by atoms with van der Waals surface area (Å²) in [6, 6.07) is 7.88. The predicted molar refractivity (Wildman–Crippen MR) is 98.8 cm³/mol. The lowest BCUT2D eigenvalue weighted by atomic mass is 10.1. The van der Waals surface area contributed by atoms with Gasteiger partial charge in [0, 0.05) is 9.13 Å². The van der Waals surface area contributed by atoms with Gasteiger partial charge in [0.25, 0.3) is 0 Å². The quantitative estimate of drug-likeness (QED) is 0.435. The zero-order chi connectivity index (χ0) is 15.8. The van der Waals surface area contributed by atoms with Gasteiger partial charge in [0.05, 0.1) is 6.54 Å². The van der Waals surface area contributed by atoms with Crippen LogP contribution in [-0.2, 0) is 0 Å². The number of hydrogen-bond acceptors (Lipinski definition) is 2. The molecular weight excluding hydrogens is 373 g/mol.